The topological polar surface area (TPSA) is 37.6 Å². The SMILES string of the molecule is Brc1ccccc1N=C(c1ccccc1)c1cccc(C(=Nc2ccccc2Br)c2ccccc2)n1.[Cl][Fe][Cl]. The Morgan fingerprint density at radius 2 is 0.872 bits per heavy atom. The average Bonchev–Trinajstić information content (AvgIpc) is 2.98. The maximum atomic E-state index is 5.09. The number of nitrogens with zero attached hydrogens (tertiary/aromatic N) is 3. The second-order valence-corrected chi connectivity index (χ2v) is 11.5. The monoisotopic (exact) mass is 719 g/mol. The van der Waals surface area contributed by atoms with E-state index in [9.17, 15) is 0 Å². The molecule has 0 unspecified atom stereocenters. The van der Waals surface area contributed by atoms with Crippen molar-refractivity contribution in [3.05, 3.63) is 159 Å². The predicted octanol–water partition coefficient (Wildman–Crippen LogP) is 10.3. The van der Waals surface area contributed by atoms with E-state index >= 15 is 0 Å². The van der Waals surface area contributed by atoms with Crippen LogP contribution in [0.5, 0.6) is 0 Å². The summed E-state index contributed by atoms with van der Waals surface area (Å²) in [5, 5.41) is 0. The zero-order valence-electron chi connectivity index (χ0n) is 20.3. The Balaban J connectivity index is 0.00000112. The molecule has 0 N–H and O–H groups in total. The molecular formula is C31H21Br2Cl2FeN3. The number of rotatable bonds is 6. The normalized spacial score (nSPS) is 11.6. The minimum absolute atomic E-state index is 0.194. The molecule has 0 aliphatic heterocycles. The zero-order valence-corrected chi connectivity index (χ0v) is 26.1. The van der Waals surface area contributed by atoms with Crippen molar-refractivity contribution in [2.75, 3.05) is 0 Å². The molecule has 0 saturated carbocycles. The molecular weight excluding hydrogens is 701 g/mol. The van der Waals surface area contributed by atoms with Gasteiger partial charge in [0.15, 0.2) is 0 Å². The van der Waals surface area contributed by atoms with Crippen LogP contribution in [0, 0.1) is 0 Å². The first kappa shape index (κ1) is 29.4. The molecule has 0 aliphatic carbocycles. The standard InChI is InChI=1S/C31H21Br2N3.2ClH.Fe/c32-24-16-7-9-18-26(24)35-30(22-12-3-1-4-13-22)28-20-11-21-29(34-28)31(23-14-5-2-6-15-23)36-27-19-10-8-17-25(27)33;;;/h1-21H;2*1H;/q;;;+2/p-2. The van der Waals surface area contributed by atoms with Crippen molar-refractivity contribution >= 4 is 74.9 Å². The first-order valence-corrected chi connectivity index (χ1v) is 16.3. The van der Waals surface area contributed by atoms with Crippen LogP contribution in [0.4, 0.5) is 11.4 Å². The molecule has 0 fully saturated rings. The molecule has 5 aromatic rings. The predicted molar refractivity (Wildman–Crippen MR) is 168 cm³/mol. The number of pyridine rings is 1. The summed E-state index contributed by atoms with van der Waals surface area (Å²) in [7, 11) is 9.53. The van der Waals surface area contributed by atoms with Gasteiger partial charge in [-0.2, -0.15) is 0 Å². The van der Waals surface area contributed by atoms with E-state index in [1.807, 2.05) is 103 Å². The van der Waals surface area contributed by atoms with Crippen molar-refractivity contribution in [2.24, 2.45) is 9.98 Å². The fourth-order valence-electron chi connectivity index (χ4n) is 3.76. The van der Waals surface area contributed by atoms with Crippen molar-refractivity contribution in [3.63, 3.8) is 0 Å². The number of benzene rings is 4. The van der Waals surface area contributed by atoms with Gasteiger partial charge in [-0.1, -0.05) is 91.0 Å². The Morgan fingerprint density at radius 1 is 0.513 bits per heavy atom. The number of para-hydroxylation sites is 2. The second kappa shape index (κ2) is 15.3. The first-order valence-electron chi connectivity index (χ1n) is 11.7. The van der Waals surface area contributed by atoms with Crippen molar-refractivity contribution in [2.45, 2.75) is 0 Å². The van der Waals surface area contributed by atoms with Crippen LogP contribution < -0.4 is 0 Å². The summed E-state index contributed by atoms with van der Waals surface area (Å²) in [5.74, 6) is 0. The van der Waals surface area contributed by atoms with Gasteiger partial charge in [-0.3, -0.25) is 0 Å². The van der Waals surface area contributed by atoms with Crippen molar-refractivity contribution in [3.8, 4) is 0 Å². The average molecular weight is 722 g/mol. The van der Waals surface area contributed by atoms with Gasteiger partial charge in [0.1, 0.15) is 0 Å². The number of hydrogen-bond acceptors (Lipinski definition) is 3. The van der Waals surface area contributed by atoms with Gasteiger partial charge in [0.25, 0.3) is 0 Å². The minimum atomic E-state index is 0.194. The van der Waals surface area contributed by atoms with Gasteiger partial charge in [-0.25, -0.2) is 15.0 Å². The van der Waals surface area contributed by atoms with Crippen molar-refractivity contribution < 1.29 is 13.1 Å². The quantitative estimate of drug-likeness (QED) is 0.127. The van der Waals surface area contributed by atoms with Gasteiger partial charge in [0, 0.05) is 20.1 Å². The van der Waals surface area contributed by atoms with Gasteiger partial charge in [-0.05, 0) is 68.3 Å². The third-order valence-electron chi connectivity index (χ3n) is 5.50. The number of aliphatic imine (C=N–C) groups is 2. The van der Waals surface area contributed by atoms with E-state index in [-0.39, 0.29) is 13.1 Å². The Morgan fingerprint density at radius 3 is 1.26 bits per heavy atom. The van der Waals surface area contributed by atoms with E-state index in [0.29, 0.717) is 0 Å². The van der Waals surface area contributed by atoms with Crippen molar-refractivity contribution in [1.82, 2.24) is 4.98 Å². The van der Waals surface area contributed by atoms with Gasteiger partial charge < -0.3 is 0 Å². The van der Waals surface area contributed by atoms with Gasteiger partial charge in [0.2, 0.25) is 0 Å². The zero-order chi connectivity index (χ0) is 27.5. The number of halogens is 4. The van der Waals surface area contributed by atoms with E-state index in [1.54, 1.807) is 0 Å². The summed E-state index contributed by atoms with van der Waals surface area (Å²) >= 11 is 7.46. The molecule has 0 saturated heterocycles. The maximum absolute atomic E-state index is 5.09. The van der Waals surface area contributed by atoms with Crippen molar-refractivity contribution in [1.29, 1.82) is 0 Å². The number of hydrogen-bond donors (Lipinski definition) is 0. The van der Waals surface area contributed by atoms with E-state index in [0.717, 1.165) is 54.3 Å². The van der Waals surface area contributed by atoms with Crippen LogP contribution in [0.1, 0.15) is 22.5 Å². The van der Waals surface area contributed by atoms with Crippen LogP contribution in [0.15, 0.2) is 146 Å². The summed E-state index contributed by atoms with van der Waals surface area (Å²) in [6.07, 6.45) is 0. The molecule has 0 aliphatic rings. The summed E-state index contributed by atoms with van der Waals surface area (Å²) in [5.41, 5.74) is 6.77. The fraction of sp³-hybridized carbons (Fsp3) is 0. The van der Waals surface area contributed by atoms with Gasteiger partial charge >= 0.3 is 33.3 Å². The van der Waals surface area contributed by atoms with Gasteiger partial charge in [-0.15, -0.1) is 0 Å². The molecule has 0 radical (unpaired) electrons. The van der Waals surface area contributed by atoms with Crippen LogP contribution in [0.3, 0.4) is 0 Å². The van der Waals surface area contributed by atoms with E-state index < -0.39 is 0 Å². The molecule has 0 spiro atoms. The fourth-order valence-corrected chi connectivity index (χ4v) is 4.50. The third kappa shape index (κ3) is 8.21. The summed E-state index contributed by atoms with van der Waals surface area (Å²) < 4.78 is 1.85. The Kier molecular flexibility index (Phi) is 11.5. The molecule has 0 atom stereocenters. The Bertz CT molecular complexity index is 1470. The Hall–Kier alpha value is -2.57. The number of aromatic nitrogens is 1. The molecule has 3 nitrogen and oxygen atoms in total. The van der Waals surface area contributed by atoms with Crippen LogP contribution in [-0.2, 0) is 13.1 Å². The summed E-state index contributed by atoms with van der Waals surface area (Å²) in [6, 6.07) is 42.1. The molecule has 5 rings (SSSR count). The first-order chi connectivity index (χ1) is 19.1. The molecule has 0 amide bonds. The molecule has 4 aromatic carbocycles. The molecule has 196 valence electrons. The van der Waals surface area contributed by atoms with Crippen LogP contribution >= 0.6 is 52.1 Å². The van der Waals surface area contributed by atoms with E-state index in [2.05, 4.69) is 56.1 Å². The molecule has 1 aromatic heterocycles. The molecule has 8 heteroatoms. The van der Waals surface area contributed by atoms with E-state index in [4.69, 9.17) is 35.2 Å². The summed E-state index contributed by atoms with van der Waals surface area (Å²) in [4.78, 5) is 15.1. The Labute approximate surface area is 259 Å². The van der Waals surface area contributed by atoms with Crippen LogP contribution in [0.25, 0.3) is 0 Å². The van der Waals surface area contributed by atoms with Gasteiger partial charge in [0.05, 0.1) is 34.2 Å². The molecule has 1 heterocycles. The molecule has 39 heavy (non-hydrogen) atoms. The summed E-state index contributed by atoms with van der Waals surface area (Å²) in [6.45, 7) is 0. The third-order valence-corrected chi connectivity index (χ3v) is 6.84. The van der Waals surface area contributed by atoms with Crippen LogP contribution in [0.2, 0.25) is 0 Å². The van der Waals surface area contributed by atoms with Crippen LogP contribution in [-0.4, -0.2) is 16.4 Å². The second-order valence-electron chi connectivity index (χ2n) is 8.01. The molecule has 0 bridgehead atoms. The van der Waals surface area contributed by atoms with E-state index in [1.165, 1.54) is 0 Å².